The summed E-state index contributed by atoms with van der Waals surface area (Å²) in [6.45, 7) is 6.15. The monoisotopic (exact) mass is 498 g/mol. The third-order valence-corrected chi connectivity index (χ3v) is 7.64. The number of rotatable bonds is 9. The second kappa shape index (κ2) is 10.9. The van der Waals surface area contributed by atoms with Crippen LogP contribution in [0.4, 0.5) is 5.82 Å². The Balaban J connectivity index is 1.47. The number of methoxy groups -OCH3 is 1. The Morgan fingerprint density at radius 3 is 2.29 bits per heavy atom. The highest BCUT2D eigenvalue weighted by atomic mass is 32.2. The molecule has 10 heteroatoms. The standard InChI is InChI=1S/C25H30N4O5S/c1-4-33-21-9-11-23(34-5-2)24(18-21)35(30,31)29-15-13-28(14-16-29)25-12-10-22(26-27-25)19-7-6-8-20(17-19)32-3/h6-12,17-18H,4-5,13-16H2,1-3H3. The first-order chi connectivity index (χ1) is 17.0. The Bertz CT molecular complexity index is 1240. The van der Waals surface area contributed by atoms with Gasteiger partial charge in [-0.15, -0.1) is 10.2 Å². The van der Waals surface area contributed by atoms with Crippen molar-refractivity contribution in [1.29, 1.82) is 0 Å². The second-order valence-electron chi connectivity index (χ2n) is 7.87. The van der Waals surface area contributed by atoms with Gasteiger partial charge in [0.2, 0.25) is 10.0 Å². The minimum atomic E-state index is -3.76. The van der Waals surface area contributed by atoms with E-state index >= 15 is 0 Å². The van der Waals surface area contributed by atoms with Crippen molar-refractivity contribution in [3.63, 3.8) is 0 Å². The molecule has 0 radical (unpaired) electrons. The number of ether oxygens (including phenoxy) is 3. The molecule has 2 aromatic carbocycles. The number of hydrogen-bond donors (Lipinski definition) is 0. The molecule has 0 amide bonds. The van der Waals surface area contributed by atoms with Crippen molar-refractivity contribution in [3.8, 4) is 28.5 Å². The summed E-state index contributed by atoms with van der Waals surface area (Å²) in [5.74, 6) is 2.30. The Labute approximate surface area is 206 Å². The lowest BCUT2D eigenvalue weighted by Crippen LogP contribution is -2.49. The molecule has 3 aromatic rings. The number of piperazine rings is 1. The van der Waals surface area contributed by atoms with Gasteiger partial charge in [0.25, 0.3) is 0 Å². The Morgan fingerprint density at radius 2 is 1.63 bits per heavy atom. The van der Waals surface area contributed by atoms with E-state index in [1.165, 1.54) is 4.31 Å². The molecule has 35 heavy (non-hydrogen) atoms. The largest absolute Gasteiger partial charge is 0.497 e. The van der Waals surface area contributed by atoms with E-state index in [0.29, 0.717) is 56.7 Å². The van der Waals surface area contributed by atoms with Gasteiger partial charge in [0.1, 0.15) is 22.1 Å². The first kappa shape index (κ1) is 24.7. The normalized spacial score (nSPS) is 14.5. The van der Waals surface area contributed by atoms with Crippen LogP contribution in [0.15, 0.2) is 59.5 Å². The number of aromatic nitrogens is 2. The molecule has 1 aliphatic heterocycles. The zero-order chi connectivity index (χ0) is 24.8. The second-order valence-corrected chi connectivity index (χ2v) is 9.78. The van der Waals surface area contributed by atoms with E-state index in [2.05, 4.69) is 10.2 Å². The van der Waals surface area contributed by atoms with Gasteiger partial charge >= 0.3 is 0 Å². The average molecular weight is 499 g/mol. The number of nitrogens with zero attached hydrogens (tertiary/aromatic N) is 4. The van der Waals surface area contributed by atoms with E-state index in [0.717, 1.165) is 17.0 Å². The van der Waals surface area contributed by atoms with Crippen LogP contribution >= 0.6 is 0 Å². The lowest BCUT2D eigenvalue weighted by molar-refractivity contribution is 0.319. The van der Waals surface area contributed by atoms with E-state index in [-0.39, 0.29) is 4.90 Å². The molecule has 9 nitrogen and oxygen atoms in total. The fourth-order valence-corrected chi connectivity index (χ4v) is 5.52. The molecular formula is C25H30N4O5S. The predicted molar refractivity (Wildman–Crippen MR) is 134 cm³/mol. The van der Waals surface area contributed by atoms with Crippen molar-refractivity contribution >= 4 is 15.8 Å². The van der Waals surface area contributed by atoms with Gasteiger partial charge in [0.05, 0.1) is 26.0 Å². The topological polar surface area (TPSA) is 94.1 Å². The highest BCUT2D eigenvalue weighted by molar-refractivity contribution is 7.89. The molecule has 1 fully saturated rings. The molecule has 186 valence electrons. The van der Waals surface area contributed by atoms with Gasteiger partial charge in [-0.25, -0.2) is 8.42 Å². The van der Waals surface area contributed by atoms with Crippen LogP contribution in [0.3, 0.4) is 0 Å². The zero-order valence-corrected chi connectivity index (χ0v) is 21.0. The average Bonchev–Trinajstić information content (AvgIpc) is 2.90. The summed E-state index contributed by atoms with van der Waals surface area (Å²) in [7, 11) is -2.13. The number of benzene rings is 2. The molecule has 4 rings (SSSR count). The van der Waals surface area contributed by atoms with Crippen LogP contribution in [0.2, 0.25) is 0 Å². The van der Waals surface area contributed by atoms with Crippen molar-refractivity contribution in [1.82, 2.24) is 14.5 Å². The summed E-state index contributed by atoms with van der Waals surface area (Å²) < 4.78 is 44.8. The highest BCUT2D eigenvalue weighted by Crippen LogP contribution is 2.32. The fourth-order valence-electron chi connectivity index (χ4n) is 3.95. The Morgan fingerprint density at radius 1 is 0.857 bits per heavy atom. The Hall–Kier alpha value is -3.37. The lowest BCUT2D eigenvalue weighted by Gasteiger charge is -2.34. The molecule has 0 spiro atoms. The molecule has 0 unspecified atom stereocenters. The van der Waals surface area contributed by atoms with Crippen molar-refractivity contribution in [2.75, 3.05) is 51.4 Å². The molecule has 1 aliphatic rings. The zero-order valence-electron chi connectivity index (χ0n) is 20.2. The lowest BCUT2D eigenvalue weighted by atomic mass is 10.1. The summed E-state index contributed by atoms with van der Waals surface area (Å²) in [6, 6.07) is 16.4. The highest BCUT2D eigenvalue weighted by Gasteiger charge is 2.32. The van der Waals surface area contributed by atoms with Crippen molar-refractivity contribution in [3.05, 3.63) is 54.6 Å². The molecule has 0 atom stereocenters. The van der Waals surface area contributed by atoms with Crippen LogP contribution in [0.5, 0.6) is 17.2 Å². The maximum Gasteiger partial charge on any atom is 0.247 e. The molecular weight excluding hydrogens is 468 g/mol. The number of anilines is 1. The molecule has 0 saturated carbocycles. The van der Waals surface area contributed by atoms with Gasteiger partial charge in [-0.2, -0.15) is 4.31 Å². The fraction of sp³-hybridized carbons (Fsp3) is 0.360. The smallest absolute Gasteiger partial charge is 0.247 e. The molecule has 1 aromatic heterocycles. The summed E-state index contributed by atoms with van der Waals surface area (Å²) in [4.78, 5) is 2.16. The maximum absolute atomic E-state index is 13.5. The van der Waals surface area contributed by atoms with Crippen molar-refractivity contribution in [2.45, 2.75) is 18.7 Å². The quantitative estimate of drug-likeness (QED) is 0.443. The van der Waals surface area contributed by atoms with E-state index in [1.54, 1.807) is 25.3 Å². The summed E-state index contributed by atoms with van der Waals surface area (Å²) in [5, 5.41) is 8.75. The van der Waals surface area contributed by atoms with E-state index in [9.17, 15) is 8.42 Å². The van der Waals surface area contributed by atoms with E-state index in [4.69, 9.17) is 14.2 Å². The molecule has 2 heterocycles. The minimum Gasteiger partial charge on any atom is -0.497 e. The van der Waals surface area contributed by atoms with Crippen LogP contribution in [0, 0.1) is 0 Å². The van der Waals surface area contributed by atoms with Gasteiger partial charge in [-0.3, -0.25) is 0 Å². The first-order valence-corrected chi connectivity index (χ1v) is 13.0. The van der Waals surface area contributed by atoms with Crippen molar-refractivity contribution in [2.24, 2.45) is 0 Å². The van der Waals surface area contributed by atoms with Gasteiger partial charge in [-0.05, 0) is 50.2 Å². The van der Waals surface area contributed by atoms with Crippen molar-refractivity contribution < 1.29 is 22.6 Å². The van der Waals surface area contributed by atoms with Gasteiger partial charge < -0.3 is 19.1 Å². The first-order valence-electron chi connectivity index (χ1n) is 11.6. The predicted octanol–water partition coefficient (Wildman–Crippen LogP) is 3.46. The molecule has 0 aliphatic carbocycles. The van der Waals surface area contributed by atoms with Gasteiger partial charge in [0.15, 0.2) is 5.82 Å². The summed E-state index contributed by atoms with van der Waals surface area (Å²) in [6.07, 6.45) is 0. The minimum absolute atomic E-state index is 0.126. The van der Waals surface area contributed by atoms with Crippen LogP contribution in [0.25, 0.3) is 11.3 Å². The molecule has 0 N–H and O–H groups in total. The van der Waals surface area contributed by atoms with Gasteiger partial charge in [0, 0.05) is 37.8 Å². The van der Waals surface area contributed by atoms with E-state index < -0.39 is 10.0 Å². The van der Waals surface area contributed by atoms with Crippen LogP contribution < -0.4 is 19.1 Å². The number of hydrogen-bond acceptors (Lipinski definition) is 8. The third kappa shape index (κ3) is 5.49. The SMILES string of the molecule is CCOc1ccc(OCC)c(S(=O)(=O)N2CCN(c3ccc(-c4cccc(OC)c4)nn3)CC2)c1. The summed E-state index contributed by atoms with van der Waals surface area (Å²) in [5.41, 5.74) is 1.66. The summed E-state index contributed by atoms with van der Waals surface area (Å²) >= 11 is 0. The number of sulfonamides is 1. The van der Waals surface area contributed by atoms with Crippen LogP contribution in [-0.2, 0) is 10.0 Å². The van der Waals surface area contributed by atoms with Crippen LogP contribution in [0.1, 0.15) is 13.8 Å². The molecule has 1 saturated heterocycles. The third-order valence-electron chi connectivity index (χ3n) is 5.72. The molecule has 0 bridgehead atoms. The Kier molecular flexibility index (Phi) is 7.72. The maximum atomic E-state index is 13.5. The van der Waals surface area contributed by atoms with Crippen LogP contribution in [-0.4, -0.2) is 69.4 Å². The van der Waals surface area contributed by atoms with E-state index in [1.807, 2.05) is 55.1 Å². The van der Waals surface area contributed by atoms with Gasteiger partial charge in [-0.1, -0.05) is 12.1 Å².